The Kier molecular flexibility index (Phi) is 9.13. The molecule has 4 aromatic rings. The van der Waals surface area contributed by atoms with E-state index in [1.54, 1.807) is 12.4 Å². The monoisotopic (exact) mass is 584 g/mol. The molecule has 0 bridgehead atoms. The van der Waals surface area contributed by atoms with Gasteiger partial charge in [0.25, 0.3) is 0 Å². The van der Waals surface area contributed by atoms with Crippen molar-refractivity contribution in [3.63, 3.8) is 0 Å². The van der Waals surface area contributed by atoms with Crippen molar-refractivity contribution in [2.24, 2.45) is 0 Å². The summed E-state index contributed by atoms with van der Waals surface area (Å²) in [5.74, 6) is 1.56. The van der Waals surface area contributed by atoms with Crippen molar-refractivity contribution < 1.29 is 34.0 Å². The van der Waals surface area contributed by atoms with Crippen molar-refractivity contribution in [1.82, 2.24) is 10.3 Å². The van der Waals surface area contributed by atoms with Crippen LogP contribution < -0.4 is 24.3 Å². The second-order valence-corrected chi connectivity index (χ2v) is 10.8. The number of carboxylic acid groups (broad SMARTS) is 1. The minimum absolute atomic E-state index is 0.170. The molecule has 1 atom stereocenters. The molecule has 0 amide bonds. The molecule has 9 nitrogen and oxygen atoms in total. The van der Waals surface area contributed by atoms with Crippen molar-refractivity contribution >= 4 is 5.97 Å². The number of pyridine rings is 1. The van der Waals surface area contributed by atoms with Gasteiger partial charge in [-0.3, -0.25) is 15.1 Å². The lowest BCUT2D eigenvalue weighted by molar-refractivity contribution is -0.145. The van der Waals surface area contributed by atoms with Gasteiger partial charge >= 0.3 is 5.97 Å². The van der Waals surface area contributed by atoms with Crippen LogP contribution in [0, 0.1) is 13.8 Å². The first kappa shape index (κ1) is 29.9. The number of aliphatic hydroxyl groups excluding tert-OH is 1. The molecule has 1 aliphatic rings. The molecular weight excluding hydrogens is 548 g/mol. The third-order valence-electron chi connectivity index (χ3n) is 7.61. The number of aryl methyl sites for hydroxylation is 1. The summed E-state index contributed by atoms with van der Waals surface area (Å²) in [6, 6.07) is 19.6. The molecule has 0 fully saturated rings. The van der Waals surface area contributed by atoms with Gasteiger partial charge in [-0.1, -0.05) is 30.3 Å². The second kappa shape index (κ2) is 13.1. The van der Waals surface area contributed by atoms with Gasteiger partial charge in [-0.15, -0.1) is 0 Å². The zero-order valence-corrected chi connectivity index (χ0v) is 24.6. The number of hydrogen-bond donors (Lipinski definition) is 3. The van der Waals surface area contributed by atoms with Crippen LogP contribution in [0.5, 0.6) is 23.0 Å². The fraction of sp³-hybridized carbons (Fsp3) is 0.294. The van der Waals surface area contributed by atoms with Crippen molar-refractivity contribution in [3.05, 3.63) is 101 Å². The van der Waals surface area contributed by atoms with Crippen LogP contribution in [0.4, 0.5) is 0 Å². The molecule has 1 aromatic heterocycles. The summed E-state index contributed by atoms with van der Waals surface area (Å²) in [7, 11) is 0. The van der Waals surface area contributed by atoms with E-state index in [1.165, 1.54) is 6.92 Å². The van der Waals surface area contributed by atoms with Crippen LogP contribution >= 0.6 is 0 Å². The van der Waals surface area contributed by atoms with Gasteiger partial charge in [0.1, 0.15) is 43.5 Å². The fourth-order valence-corrected chi connectivity index (χ4v) is 4.81. The molecule has 2 heterocycles. The SMILES string of the molecule is Cc1cc(CN[C@@](C)(CO)C(=O)O)c(OCc2cccnc2)cc1OCc1cccc(-c2ccc3c(c2)OCCO3)c1C. The molecule has 0 spiro atoms. The van der Waals surface area contributed by atoms with Crippen molar-refractivity contribution in [3.8, 4) is 34.1 Å². The number of aliphatic carboxylic acids is 1. The largest absolute Gasteiger partial charge is 0.488 e. The number of aliphatic hydroxyl groups is 1. The predicted octanol–water partition coefficient (Wildman–Crippen LogP) is 5.22. The first-order chi connectivity index (χ1) is 20.8. The van der Waals surface area contributed by atoms with E-state index in [-0.39, 0.29) is 13.2 Å². The van der Waals surface area contributed by atoms with E-state index >= 15 is 0 Å². The number of fused-ring (bicyclic) bond motifs is 1. The lowest BCUT2D eigenvalue weighted by Crippen LogP contribution is -2.52. The molecule has 0 unspecified atom stereocenters. The molecular formula is C34H36N2O7. The minimum Gasteiger partial charge on any atom is -0.488 e. The zero-order chi connectivity index (χ0) is 30.4. The maximum atomic E-state index is 11.7. The van der Waals surface area contributed by atoms with Crippen LogP contribution in [-0.4, -0.2) is 46.5 Å². The Morgan fingerprint density at radius 3 is 2.49 bits per heavy atom. The number of carboxylic acids is 1. The number of rotatable bonds is 12. The minimum atomic E-state index is -1.50. The van der Waals surface area contributed by atoms with E-state index < -0.39 is 18.1 Å². The normalized spacial score (nSPS) is 13.7. The van der Waals surface area contributed by atoms with Gasteiger partial charge in [0, 0.05) is 36.1 Å². The van der Waals surface area contributed by atoms with Crippen LogP contribution in [0.1, 0.15) is 34.7 Å². The Bertz CT molecular complexity index is 1590. The molecule has 0 aliphatic carbocycles. The molecule has 9 heteroatoms. The Morgan fingerprint density at radius 1 is 0.953 bits per heavy atom. The van der Waals surface area contributed by atoms with Crippen LogP contribution in [0.25, 0.3) is 11.1 Å². The maximum Gasteiger partial charge on any atom is 0.326 e. The third-order valence-corrected chi connectivity index (χ3v) is 7.61. The molecule has 43 heavy (non-hydrogen) atoms. The third kappa shape index (κ3) is 6.90. The Balaban J connectivity index is 1.38. The van der Waals surface area contributed by atoms with E-state index in [0.29, 0.717) is 31.3 Å². The number of benzene rings is 3. The number of nitrogens with one attached hydrogen (secondary N) is 1. The van der Waals surface area contributed by atoms with Gasteiger partial charge in [0.15, 0.2) is 11.5 Å². The molecule has 0 radical (unpaired) electrons. The Hall–Kier alpha value is -4.60. The van der Waals surface area contributed by atoms with E-state index in [0.717, 1.165) is 50.4 Å². The van der Waals surface area contributed by atoms with Crippen LogP contribution in [0.3, 0.4) is 0 Å². The highest BCUT2D eigenvalue weighted by Crippen LogP contribution is 2.37. The number of ether oxygens (including phenoxy) is 4. The summed E-state index contributed by atoms with van der Waals surface area (Å²) in [6.45, 7) is 6.77. The quantitative estimate of drug-likeness (QED) is 0.206. The average Bonchev–Trinajstić information content (AvgIpc) is 3.03. The van der Waals surface area contributed by atoms with Crippen molar-refractivity contribution in [2.45, 2.75) is 46.1 Å². The standard InChI is InChI=1S/C34H36N2O7/c1-22-14-27(18-36-34(3,21-37)33(38)39)31(42-19-24-6-5-11-35-17-24)16-30(22)43-20-26-7-4-8-28(23(26)2)25-9-10-29-32(15-25)41-13-12-40-29/h4-11,14-17,36-37H,12-13,18-21H2,1-3H3,(H,38,39)/t34-/m0/s1. The number of nitrogens with zero attached hydrogens (tertiary/aromatic N) is 1. The van der Waals surface area contributed by atoms with Gasteiger partial charge in [-0.25, -0.2) is 0 Å². The Morgan fingerprint density at radius 2 is 1.74 bits per heavy atom. The molecule has 224 valence electrons. The molecule has 3 N–H and O–H groups in total. The highest BCUT2D eigenvalue weighted by molar-refractivity contribution is 5.78. The van der Waals surface area contributed by atoms with Gasteiger partial charge in [0.05, 0.1) is 6.61 Å². The summed E-state index contributed by atoms with van der Waals surface area (Å²) in [4.78, 5) is 15.9. The lowest BCUT2D eigenvalue weighted by atomic mass is 9.96. The summed E-state index contributed by atoms with van der Waals surface area (Å²) >= 11 is 0. The first-order valence-corrected chi connectivity index (χ1v) is 14.1. The summed E-state index contributed by atoms with van der Waals surface area (Å²) in [6.07, 6.45) is 3.43. The summed E-state index contributed by atoms with van der Waals surface area (Å²) in [5, 5.41) is 22.2. The van der Waals surface area contributed by atoms with Gasteiger partial charge in [-0.2, -0.15) is 0 Å². The number of carbonyl (C=O) groups is 1. The topological polar surface area (TPSA) is 119 Å². The smallest absolute Gasteiger partial charge is 0.326 e. The van der Waals surface area contributed by atoms with Gasteiger partial charge in [0.2, 0.25) is 0 Å². The first-order valence-electron chi connectivity index (χ1n) is 14.1. The van der Waals surface area contributed by atoms with E-state index in [1.807, 2.05) is 61.5 Å². The van der Waals surface area contributed by atoms with Gasteiger partial charge < -0.3 is 29.2 Å². The van der Waals surface area contributed by atoms with E-state index in [4.69, 9.17) is 18.9 Å². The zero-order valence-electron chi connectivity index (χ0n) is 24.6. The number of hydrogen-bond acceptors (Lipinski definition) is 8. The molecule has 0 saturated heterocycles. The second-order valence-electron chi connectivity index (χ2n) is 10.8. The molecule has 0 saturated carbocycles. The van der Waals surface area contributed by atoms with E-state index in [2.05, 4.69) is 23.3 Å². The summed E-state index contributed by atoms with van der Waals surface area (Å²) < 4.78 is 24.0. The predicted molar refractivity (Wildman–Crippen MR) is 162 cm³/mol. The van der Waals surface area contributed by atoms with Gasteiger partial charge in [-0.05, 0) is 72.9 Å². The highest BCUT2D eigenvalue weighted by Gasteiger charge is 2.32. The van der Waals surface area contributed by atoms with E-state index in [9.17, 15) is 15.0 Å². The molecule has 5 rings (SSSR count). The van der Waals surface area contributed by atoms with Crippen LogP contribution in [-0.2, 0) is 24.6 Å². The lowest BCUT2D eigenvalue weighted by Gasteiger charge is -2.25. The van der Waals surface area contributed by atoms with Crippen LogP contribution in [0.2, 0.25) is 0 Å². The maximum absolute atomic E-state index is 11.7. The number of aromatic nitrogens is 1. The Labute approximate surface area is 251 Å². The van der Waals surface area contributed by atoms with Crippen molar-refractivity contribution in [2.75, 3.05) is 19.8 Å². The molecule has 3 aromatic carbocycles. The molecule has 1 aliphatic heterocycles. The summed E-state index contributed by atoms with van der Waals surface area (Å²) in [5.41, 5.74) is 5.27. The fourth-order valence-electron chi connectivity index (χ4n) is 4.81. The highest BCUT2D eigenvalue weighted by atomic mass is 16.6. The van der Waals surface area contributed by atoms with Crippen molar-refractivity contribution in [1.29, 1.82) is 0 Å². The van der Waals surface area contributed by atoms with Crippen LogP contribution in [0.15, 0.2) is 73.1 Å². The average molecular weight is 585 g/mol.